The number of hydrogen-bond acceptors (Lipinski definition) is 7. The van der Waals surface area contributed by atoms with Crippen LogP contribution >= 0.6 is 0 Å². The third-order valence-electron chi connectivity index (χ3n) is 5.98. The standard InChI is InChI=1S/C28H39NO6/c1-7-22(16-21-11-9-8-10-12-21)27(34-17-18(2)3)20(5)35-28(32)19(4)15-23(30)25-26(31)24(33-6)13-14-29-25/h8-14,18-20,22,27,31H,7,15-17H2,1-6H3/t19?,20-,22+,27-/m0/s1. The molecule has 0 aliphatic heterocycles. The fraction of sp³-hybridized carbons (Fsp3) is 0.536. The zero-order chi connectivity index (χ0) is 26.0. The Morgan fingerprint density at radius 1 is 1.06 bits per heavy atom. The van der Waals surface area contributed by atoms with Crippen molar-refractivity contribution in [2.75, 3.05) is 13.7 Å². The second-order valence-corrected chi connectivity index (χ2v) is 9.43. The van der Waals surface area contributed by atoms with Gasteiger partial charge in [0.15, 0.2) is 23.0 Å². The van der Waals surface area contributed by atoms with Crippen LogP contribution in [0.3, 0.4) is 0 Å². The lowest BCUT2D eigenvalue weighted by molar-refractivity contribution is -0.164. The number of esters is 1. The minimum atomic E-state index is -0.711. The van der Waals surface area contributed by atoms with Crippen LogP contribution in [0.1, 0.15) is 63.5 Å². The maximum atomic E-state index is 12.9. The topological polar surface area (TPSA) is 95.0 Å². The molecule has 1 heterocycles. The van der Waals surface area contributed by atoms with E-state index in [9.17, 15) is 14.7 Å². The molecule has 7 nitrogen and oxygen atoms in total. The van der Waals surface area contributed by atoms with E-state index in [4.69, 9.17) is 14.2 Å². The summed E-state index contributed by atoms with van der Waals surface area (Å²) in [5.74, 6) is -1.33. The molecule has 2 rings (SSSR count). The number of aromatic hydroxyl groups is 1. The molecule has 4 atom stereocenters. The summed E-state index contributed by atoms with van der Waals surface area (Å²) in [5, 5.41) is 10.2. The number of methoxy groups -OCH3 is 1. The van der Waals surface area contributed by atoms with Gasteiger partial charge in [-0.25, -0.2) is 4.98 Å². The van der Waals surface area contributed by atoms with Crippen molar-refractivity contribution in [3.8, 4) is 11.5 Å². The number of ether oxygens (including phenoxy) is 3. The predicted octanol–water partition coefficient (Wildman–Crippen LogP) is 5.25. The molecule has 35 heavy (non-hydrogen) atoms. The Balaban J connectivity index is 2.08. The van der Waals surface area contributed by atoms with E-state index in [1.807, 2.05) is 25.1 Å². The van der Waals surface area contributed by atoms with Gasteiger partial charge >= 0.3 is 5.97 Å². The number of Topliss-reactive ketones (excluding diaryl/α,β-unsaturated/α-hetero) is 1. The summed E-state index contributed by atoms with van der Waals surface area (Å²) >= 11 is 0. The lowest BCUT2D eigenvalue weighted by Gasteiger charge is -2.32. The SMILES string of the molecule is CC[C@H](Cc1ccccc1)[C@@H](OCC(C)C)[C@H](C)OC(=O)C(C)CC(=O)c1nccc(OC)c1O. The number of ketones is 1. The van der Waals surface area contributed by atoms with E-state index >= 15 is 0 Å². The van der Waals surface area contributed by atoms with Crippen LogP contribution in [0.25, 0.3) is 0 Å². The second-order valence-electron chi connectivity index (χ2n) is 9.43. The van der Waals surface area contributed by atoms with Crippen molar-refractivity contribution in [3.05, 3.63) is 53.9 Å². The van der Waals surface area contributed by atoms with Crippen LogP contribution in [-0.2, 0) is 20.7 Å². The first-order valence-electron chi connectivity index (χ1n) is 12.3. The van der Waals surface area contributed by atoms with Gasteiger partial charge in [-0.1, -0.05) is 64.4 Å². The molecule has 0 bridgehead atoms. The molecule has 1 unspecified atom stereocenters. The first kappa shape index (κ1) is 28.3. The second kappa shape index (κ2) is 13.8. The number of benzene rings is 1. The molecule has 2 aromatic rings. The van der Waals surface area contributed by atoms with Crippen LogP contribution < -0.4 is 4.74 Å². The Morgan fingerprint density at radius 2 is 1.74 bits per heavy atom. The molecule has 1 aromatic heterocycles. The first-order valence-corrected chi connectivity index (χ1v) is 12.3. The number of aromatic nitrogens is 1. The van der Waals surface area contributed by atoms with E-state index in [1.165, 1.54) is 24.9 Å². The fourth-order valence-electron chi connectivity index (χ4n) is 4.00. The summed E-state index contributed by atoms with van der Waals surface area (Å²) in [4.78, 5) is 29.5. The molecule has 1 N–H and O–H groups in total. The highest BCUT2D eigenvalue weighted by atomic mass is 16.6. The van der Waals surface area contributed by atoms with E-state index in [0.717, 1.165) is 12.8 Å². The number of pyridine rings is 1. The highest BCUT2D eigenvalue weighted by molar-refractivity contribution is 5.99. The molecule has 1 aromatic carbocycles. The van der Waals surface area contributed by atoms with Crippen molar-refractivity contribution in [2.24, 2.45) is 17.8 Å². The zero-order valence-electron chi connectivity index (χ0n) is 21.7. The van der Waals surface area contributed by atoms with Gasteiger partial charge < -0.3 is 19.3 Å². The molecule has 0 spiro atoms. The Morgan fingerprint density at radius 3 is 2.34 bits per heavy atom. The van der Waals surface area contributed by atoms with Crippen LogP contribution in [0, 0.1) is 17.8 Å². The highest BCUT2D eigenvalue weighted by Gasteiger charge is 2.32. The number of rotatable bonds is 14. The van der Waals surface area contributed by atoms with Gasteiger partial charge in [0.1, 0.15) is 6.10 Å². The highest BCUT2D eigenvalue weighted by Crippen LogP contribution is 2.29. The summed E-state index contributed by atoms with van der Waals surface area (Å²) in [7, 11) is 1.39. The monoisotopic (exact) mass is 485 g/mol. The summed E-state index contributed by atoms with van der Waals surface area (Å²) < 4.78 is 17.1. The number of carbonyl (C=O) groups excluding carboxylic acids is 2. The third-order valence-corrected chi connectivity index (χ3v) is 5.98. The van der Waals surface area contributed by atoms with Gasteiger partial charge in [-0.05, 0) is 30.7 Å². The van der Waals surface area contributed by atoms with E-state index in [-0.39, 0.29) is 35.6 Å². The van der Waals surface area contributed by atoms with Crippen LogP contribution in [0.2, 0.25) is 0 Å². The van der Waals surface area contributed by atoms with Gasteiger partial charge in [0.2, 0.25) is 0 Å². The molecule has 7 heteroatoms. The van der Waals surface area contributed by atoms with Crippen LogP contribution in [0.15, 0.2) is 42.6 Å². The molecule has 192 valence electrons. The van der Waals surface area contributed by atoms with Gasteiger partial charge in [-0.15, -0.1) is 0 Å². The van der Waals surface area contributed by atoms with Gasteiger partial charge in [-0.2, -0.15) is 0 Å². The van der Waals surface area contributed by atoms with E-state index in [0.29, 0.717) is 12.5 Å². The quantitative estimate of drug-likeness (QED) is 0.289. The average Bonchev–Trinajstić information content (AvgIpc) is 2.83. The zero-order valence-corrected chi connectivity index (χ0v) is 21.7. The molecule has 0 saturated heterocycles. The number of hydrogen-bond donors (Lipinski definition) is 1. The fourth-order valence-corrected chi connectivity index (χ4v) is 4.00. The van der Waals surface area contributed by atoms with Crippen molar-refractivity contribution < 1.29 is 28.9 Å². The van der Waals surface area contributed by atoms with Gasteiger partial charge in [0.05, 0.1) is 19.1 Å². The van der Waals surface area contributed by atoms with Crippen molar-refractivity contribution in [1.82, 2.24) is 4.98 Å². The maximum Gasteiger partial charge on any atom is 0.309 e. The summed E-state index contributed by atoms with van der Waals surface area (Å²) in [5.41, 5.74) is 1.09. The first-order chi connectivity index (χ1) is 16.7. The summed E-state index contributed by atoms with van der Waals surface area (Å²) in [6.45, 7) is 10.3. The Kier molecular flexibility index (Phi) is 11.2. The minimum Gasteiger partial charge on any atom is -0.503 e. The van der Waals surface area contributed by atoms with E-state index in [2.05, 4.69) is 37.9 Å². The Labute approximate surface area is 208 Å². The minimum absolute atomic E-state index is 0.121. The Hall–Kier alpha value is -2.93. The van der Waals surface area contributed by atoms with Crippen molar-refractivity contribution >= 4 is 11.8 Å². The molecule has 0 aliphatic carbocycles. The molecular weight excluding hydrogens is 446 g/mol. The van der Waals surface area contributed by atoms with Gasteiger partial charge in [0, 0.05) is 25.3 Å². The van der Waals surface area contributed by atoms with Crippen molar-refractivity contribution in [1.29, 1.82) is 0 Å². The molecule has 0 fully saturated rings. The lowest BCUT2D eigenvalue weighted by Crippen LogP contribution is -2.40. The van der Waals surface area contributed by atoms with Gasteiger partial charge in [0.25, 0.3) is 0 Å². The maximum absolute atomic E-state index is 12.9. The molecule has 0 amide bonds. The molecule has 0 radical (unpaired) electrons. The van der Waals surface area contributed by atoms with Crippen molar-refractivity contribution in [3.63, 3.8) is 0 Å². The number of nitrogens with zero attached hydrogens (tertiary/aromatic N) is 1. The van der Waals surface area contributed by atoms with E-state index in [1.54, 1.807) is 6.92 Å². The predicted molar refractivity (Wildman–Crippen MR) is 135 cm³/mol. The van der Waals surface area contributed by atoms with Crippen LogP contribution in [0.5, 0.6) is 11.5 Å². The Bertz CT molecular complexity index is 946. The van der Waals surface area contributed by atoms with E-state index < -0.39 is 23.8 Å². The molecule has 0 saturated carbocycles. The normalized spacial score (nSPS) is 14.7. The van der Waals surface area contributed by atoms with Crippen LogP contribution in [0.4, 0.5) is 0 Å². The molecule has 0 aliphatic rings. The van der Waals surface area contributed by atoms with Crippen LogP contribution in [-0.4, -0.2) is 47.8 Å². The molecular formula is C28H39NO6. The number of carbonyl (C=O) groups is 2. The third kappa shape index (κ3) is 8.35. The largest absolute Gasteiger partial charge is 0.503 e. The summed E-state index contributed by atoms with van der Waals surface area (Å²) in [6, 6.07) is 11.7. The lowest BCUT2D eigenvalue weighted by atomic mass is 9.89. The smallest absolute Gasteiger partial charge is 0.309 e. The van der Waals surface area contributed by atoms with Crippen molar-refractivity contribution in [2.45, 2.75) is 66.1 Å². The van der Waals surface area contributed by atoms with Gasteiger partial charge in [-0.3, -0.25) is 9.59 Å². The average molecular weight is 486 g/mol. The summed E-state index contributed by atoms with van der Waals surface area (Å²) in [6.07, 6.45) is 2.16.